The molecular formula is C20H31NO3SSi. The standard InChI is InChI=1S/C20H31NO3SSi/c1-16(2)20-12-11-19(15-20,24-26(4,5)6)13-14-21(20)25(22,23)18-9-7-17(3)8-10-18/h7-10H,1,11-15H2,2-6H3. The van der Waals surface area contributed by atoms with E-state index in [9.17, 15) is 8.42 Å². The van der Waals surface area contributed by atoms with E-state index in [4.69, 9.17) is 4.43 Å². The van der Waals surface area contributed by atoms with Gasteiger partial charge in [-0.3, -0.25) is 0 Å². The van der Waals surface area contributed by atoms with E-state index < -0.39 is 23.9 Å². The maximum Gasteiger partial charge on any atom is 0.243 e. The van der Waals surface area contributed by atoms with E-state index in [0.717, 1.165) is 36.8 Å². The van der Waals surface area contributed by atoms with Gasteiger partial charge in [-0.2, -0.15) is 4.31 Å². The molecule has 3 rings (SSSR count). The minimum atomic E-state index is -3.56. The lowest BCUT2D eigenvalue weighted by molar-refractivity contribution is 0.0132. The smallest absolute Gasteiger partial charge is 0.243 e. The molecule has 1 heterocycles. The van der Waals surface area contributed by atoms with E-state index in [0.29, 0.717) is 11.4 Å². The predicted molar refractivity (Wildman–Crippen MR) is 108 cm³/mol. The van der Waals surface area contributed by atoms with Crippen molar-refractivity contribution in [1.82, 2.24) is 4.31 Å². The average molecular weight is 394 g/mol. The van der Waals surface area contributed by atoms with Crippen LogP contribution in [0.15, 0.2) is 41.3 Å². The van der Waals surface area contributed by atoms with Crippen LogP contribution in [0.3, 0.4) is 0 Å². The summed E-state index contributed by atoms with van der Waals surface area (Å²) >= 11 is 0. The van der Waals surface area contributed by atoms with E-state index in [1.54, 1.807) is 16.4 Å². The molecule has 0 N–H and O–H groups in total. The Morgan fingerprint density at radius 2 is 1.77 bits per heavy atom. The SMILES string of the molecule is C=C(C)C12CCC(O[Si](C)(C)C)(CCN1S(=O)(=O)c1ccc(C)cc1)C2. The van der Waals surface area contributed by atoms with Gasteiger partial charge in [0.15, 0.2) is 8.32 Å². The quantitative estimate of drug-likeness (QED) is 0.547. The predicted octanol–water partition coefficient (Wildman–Crippen LogP) is 4.48. The molecule has 1 aromatic rings. The molecule has 2 aliphatic rings. The van der Waals surface area contributed by atoms with Crippen molar-refractivity contribution in [2.75, 3.05) is 6.54 Å². The highest BCUT2D eigenvalue weighted by Crippen LogP contribution is 2.54. The Balaban J connectivity index is 2.00. The molecule has 0 amide bonds. The zero-order valence-electron chi connectivity index (χ0n) is 16.6. The number of piperidine rings is 1. The Labute approximate surface area is 159 Å². The van der Waals surface area contributed by atoms with Crippen molar-refractivity contribution in [3.05, 3.63) is 42.0 Å². The van der Waals surface area contributed by atoms with Gasteiger partial charge < -0.3 is 4.43 Å². The fraction of sp³-hybridized carbons (Fsp3) is 0.600. The summed E-state index contributed by atoms with van der Waals surface area (Å²) in [5.41, 5.74) is 1.26. The Morgan fingerprint density at radius 1 is 1.15 bits per heavy atom. The summed E-state index contributed by atoms with van der Waals surface area (Å²) < 4.78 is 35.2. The van der Waals surface area contributed by atoms with Gasteiger partial charge in [0.05, 0.1) is 16.0 Å². The highest BCUT2D eigenvalue weighted by atomic mass is 32.2. The van der Waals surface area contributed by atoms with Crippen molar-refractivity contribution in [2.45, 2.75) is 75.2 Å². The Hall–Kier alpha value is -0.953. The molecule has 1 aliphatic carbocycles. The third-order valence-electron chi connectivity index (χ3n) is 5.78. The largest absolute Gasteiger partial charge is 0.412 e. The number of nitrogens with zero attached hydrogens (tertiary/aromatic N) is 1. The van der Waals surface area contributed by atoms with Crippen molar-refractivity contribution in [2.24, 2.45) is 0 Å². The molecule has 2 atom stereocenters. The fourth-order valence-electron chi connectivity index (χ4n) is 4.64. The second-order valence-corrected chi connectivity index (χ2v) is 15.3. The molecule has 0 aromatic heterocycles. The first-order valence-electron chi connectivity index (χ1n) is 9.36. The molecule has 0 spiro atoms. The minimum absolute atomic E-state index is 0.192. The van der Waals surface area contributed by atoms with Gasteiger partial charge >= 0.3 is 0 Å². The molecule has 6 heteroatoms. The van der Waals surface area contributed by atoms with Crippen LogP contribution in [0.4, 0.5) is 0 Å². The second-order valence-electron chi connectivity index (χ2n) is 9.03. The molecule has 26 heavy (non-hydrogen) atoms. The van der Waals surface area contributed by atoms with Crippen LogP contribution in [0.2, 0.25) is 19.6 Å². The van der Waals surface area contributed by atoms with Gasteiger partial charge in [0.25, 0.3) is 0 Å². The van der Waals surface area contributed by atoms with Gasteiger partial charge in [-0.1, -0.05) is 29.8 Å². The number of hydrogen-bond donors (Lipinski definition) is 0. The summed E-state index contributed by atoms with van der Waals surface area (Å²) in [7, 11) is -5.27. The Bertz CT molecular complexity index is 812. The molecule has 2 fully saturated rings. The molecule has 2 bridgehead atoms. The lowest BCUT2D eigenvalue weighted by Crippen LogP contribution is -2.58. The Morgan fingerprint density at radius 3 is 2.31 bits per heavy atom. The van der Waals surface area contributed by atoms with Gasteiger partial charge in [0.2, 0.25) is 10.0 Å². The second kappa shape index (κ2) is 6.29. The first-order chi connectivity index (χ1) is 11.9. The highest BCUT2D eigenvalue weighted by molar-refractivity contribution is 7.89. The summed E-state index contributed by atoms with van der Waals surface area (Å²) in [5, 5.41) is 0. The van der Waals surface area contributed by atoms with Crippen LogP contribution in [0.25, 0.3) is 0 Å². The molecule has 1 aromatic carbocycles. The van der Waals surface area contributed by atoms with Gasteiger partial charge in [0.1, 0.15) is 0 Å². The third kappa shape index (κ3) is 3.32. The molecule has 1 saturated carbocycles. The number of rotatable bonds is 5. The molecule has 4 nitrogen and oxygen atoms in total. The number of benzene rings is 1. The Kier molecular flexibility index (Phi) is 4.79. The number of fused-ring (bicyclic) bond motifs is 2. The van der Waals surface area contributed by atoms with Crippen LogP contribution in [0, 0.1) is 6.92 Å². The number of hydrogen-bond acceptors (Lipinski definition) is 3. The zero-order valence-corrected chi connectivity index (χ0v) is 18.4. The van der Waals surface area contributed by atoms with Crippen LogP contribution >= 0.6 is 0 Å². The average Bonchev–Trinajstić information content (AvgIpc) is 2.79. The maximum atomic E-state index is 13.4. The number of aryl methyl sites for hydroxylation is 1. The van der Waals surface area contributed by atoms with E-state index >= 15 is 0 Å². The molecule has 144 valence electrons. The van der Waals surface area contributed by atoms with Gasteiger partial charge in [-0.15, -0.1) is 0 Å². The van der Waals surface area contributed by atoms with Crippen LogP contribution in [-0.4, -0.2) is 38.7 Å². The lowest BCUT2D eigenvalue weighted by Gasteiger charge is -2.48. The van der Waals surface area contributed by atoms with E-state index in [-0.39, 0.29) is 5.60 Å². The molecule has 2 unspecified atom stereocenters. The van der Waals surface area contributed by atoms with Crippen molar-refractivity contribution >= 4 is 18.3 Å². The normalized spacial score (nSPS) is 29.7. The van der Waals surface area contributed by atoms with Crippen LogP contribution in [-0.2, 0) is 14.4 Å². The van der Waals surface area contributed by atoms with E-state index in [1.165, 1.54) is 0 Å². The van der Waals surface area contributed by atoms with Gasteiger partial charge in [0, 0.05) is 6.54 Å². The van der Waals surface area contributed by atoms with Crippen molar-refractivity contribution < 1.29 is 12.8 Å². The minimum Gasteiger partial charge on any atom is -0.412 e. The summed E-state index contributed by atoms with van der Waals surface area (Å²) in [6, 6.07) is 7.15. The van der Waals surface area contributed by atoms with Gasteiger partial charge in [-0.25, -0.2) is 8.42 Å². The third-order valence-corrected chi connectivity index (χ3v) is 8.81. The fourth-order valence-corrected chi connectivity index (χ4v) is 8.06. The maximum absolute atomic E-state index is 13.4. The molecule has 1 saturated heterocycles. The number of sulfonamides is 1. The first-order valence-corrected chi connectivity index (χ1v) is 14.2. The topological polar surface area (TPSA) is 46.6 Å². The van der Waals surface area contributed by atoms with Crippen LogP contribution in [0.1, 0.15) is 38.2 Å². The summed E-state index contributed by atoms with van der Waals surface area (Å²) in [5.74, 6) is 0. The molecule has 0 radical (unpaired) electrons. The summed E-state index contributed by atoms with van der Waals surface area (Å²) in [4.78, 5) is 0.370. The zero-order chi connectivity index (χ0) is 19.4. The molecular weight excluding hydrogens is 362 g/mol. The van der Waals surface area contributed by atoms with Crippen LogP contribution in [0.5, 0.6) is 0 Å². The van der Waals surface area contributed by atoms with Crippen molar-refractivity contribution in [3.63, 3.8) is 0 Å². The lowest BCUT2D eigenvalue weighted by atomic mass is 9.83. The molecule has 1 aliphatic heterocycles. The van der Waals surface area contributed by atoms with Gasteiger partial charge in [-0.05, 0) is 71.3 Å². The van der Waals surface area contributed by atoms with E-state index in [1.807, 2.05) is 26.0 Å². The van der Waals surface area contributed by atoms with Crippen molar-refractivity contribution in [1.29, 1.82) is 0 Å². The first kappa shape index (κ1) is 19.8. The summed E-state index contributed by atoms with van der Waals surface area (Å²) in [6.07, 6.45) is 3.18. The summed E-state index contributed by atoms with van der Waals surface area (Å²) in [6.45, 7) is 15.2. The van der Waals surface area contributed by atoms with Crippen molar-refractivity contribution in [3.8, 4) is 0 Å². The van der Waals surface area contributed by atoms with Crippen LogP contribution < -0.4 is 0 Å². The highest BCUT2D eigenvalue weighted by Gasteiger charge is 2.59. The van der Waals surface area contributed by atoms with E-state index in [2.05, 4.69) is 26.2 Å². The monoisotopic (exact) mass is 393 g/mol.